The van der Waals surface area contributed by atoms with Crippen LogP contribution in [0.4, 0.5) is 11.4 Å². The van der Waals surface area contributed by atoms with Crippen LogP contribution in [0.3, 0.4) is 0 Å². The highest BCUT2D eigenvalue weighted by Crippen LogP contribution is 2.44. The molecule has 0 radical (unpaired) electrons. The van der Waals surface area contributed by atoms with E-state index in [2.05, 4.69) is 29.2 Å². The molecule has 0 fully saturated rings. The van der Waals surface area contributed by atoms with Crippen molar-refractivity contribution in [2.75, 3.05) is 25.0 Å². The van der Waals surface area contributed by atoms with E-state index >= 15 is 0 Å². The number of ether oxygens (including phenoxy) is 2. The first-order valence-corrected chi connectivity index (χ1v) is 7.03. The van der Waals surface area contributed by atoms with Gasteiger partial charge in [0, 0.05) is 10.6 Å². The maximum absolute atomic E-state index is 5.26. The molecule has 3 nitrogen and oxygen atoms in total. The number of hydrogen-bond donors (Lipinski definition) is 0. The molecule has 0 unspecified atom stereocenters. The summed E-state index contributed by atoms with van der Waals surface area (Å²) in [7, 11) is 3.38. The Morgan fingerprint density at radius 2 is 1.63 bits per heavy atom. The second-order valence-corrected chi connectivity index (χ2v) is 5.22. The Morgan fingerprint density at radius 3 is 2.32 bits per heavy atom. The highest BCUT2D eigenvalue weighted by molar-refractivity contribution is 7.99. The maximum Gasteiger partial charge on any atom is 0.120 e. The minimum atomic E-state index is 0.880. The Labute approximate surface area is 117 Å². The summed E-state index contributed by atoms with van der Waals surface area (Å²) in [5.41, 5.74) is 2.41. The van der Waals surface area contributed by atoms with Crippen molar-refractivity contribution in [2.24, 2.45) is 0 Å². The van der Waals surface area contributed by atoms with Gasteiger partial charge >= 0.3 is 0 Å². The van der Waals surface area contributed by atoms with Crippen LogP contribution in [0.15, 0.2) is 47.4 Å². The molecular weight excluding hydrogens is 258 g/mol. The topological polar surface area (TPSA) is 21.7 Å². The number of benzene rings is 2. The van der Waals surface area contributed by atoms with Crippen molar-refractivity contribution in [1.82, 2.24) is 0 Å². The molecule has 2 aromatic rings. The van der Waals surface area contributed by atoms with E-state index in [4.69, 9.17) is 9.47 Å². The summed E-state index contributed by atoms with van der Waals surface area (Å²) in [6, 6.07) is 14.3. The Balaban J connectivity index is 1.92. The third kappa shape index (κ3) is 2.24. The Hall–Kier alpha value is -1.81. The van der Waals surface area contributed by atoms with Gasteiger partial charge in [0.05, 0.1) is 25.8 Å². The molecular formula is C15H15NO2S. The molecule has 3 rings (SSSR count). The van der Waals surface area contributed by atoms with E-state index in [0.717, 1.165) is 17.4 Å². The molecule has 1 heterocycles. The van der Waals surface area contributed by atoms with Crippen molar-refractivity contribution in [3.8, 4) is 11.5 Å². The SMILES string of the molecule is COc1ccc(N2CSc3cc(OC)ccc32)cc1. The van der Waals surface area contributed by atoms with Gasteiger partial charge in [-0.2, -0.15) is 0 Å². The molecule has 19 heavy (non-hydrogen) atoms. The summed E-state index contributed by atoms with van der Waals surface area (Å²) < 4.78 is 10.5. The standard InChI is InChI=1S/C15H15NO2S/c1-17-12-5-3-11(4-6-12)16-10-19-15-9-13(18-2)7-8-14(15)16/h3-9H,10H2,1-2H3. The fraction of sp³-hybridized carbons (Fsp3) is 0.200. The van der Waals surface area contributed by atoms with E-state index < -0.39 is 0 Å². The molecule has 0 saturated carbocycles. The molecule has 0 aromatic heterocycles. The van der Waals surface area contributed by atoms with Crippen LogP contribution in [0.25, 0.3) is 0 Å². The molecule has 2 aromatic carbocycles. The molecule has 0 aliphatic carbocycles. The first-order valence-electron chi connectivity index (χ1n) is 6.04. The van der Waals surface area contributed by atoms with Crippen molar-refractivity contribution >= 4 is 23.1 Å². The smallest absolute Gasteiger partial charge is 0.120 e. The zero-order valence-corrected chi connectivity index (χ0v) is 11.7. The lowest BCUT2D eigenvalue weighted by molar-refractivity contribution is 0.414. The summed E-state index contributed by atoms with van der Waals surface area (Å²) >= 11 is 1.82. The quantitative estimate of drug-likeness (QED) is 0.845. The van der Waals surface area contributed by atoms with Crippen molar-refractivity contribution < 1.29 is 9.47 Å². The lowest BCUT2D eigenvalue weighted by atomic mass is 10.2. The fourth-order valence-corrected chi connectivity index (χ4v) is 3.22. The number of rotatable bonds is 3. The second kappa shape index (κ2) is 5.05. The van der Waals surface area contributed by atoms with Gasteiger partial charge in [-0.15, -0.1) is 11.8 Å². The van der Waals surface area contributed by atoms with Gasteiger partial charge in [0.1, 0.15) is 11.5 Å². The number of methoxy groups -OCH3 is 2. The fourth-order valence-electron chi connectivity index (χ4n) is 2.14. The molecule has 0 saturated heterocycles. The predicted octanol–water partition coefficient (Wildman–Crippen LogP) is 3.91. The Kier molecular flexibility index (Phi) is 3.25. The van der Waals surface area contributed by atoms with E-state index in [9.17, 15) is 0 Å². The highest BCUT2D eigenvalue weighted by atomic mass is 32.2. The van der Waals surface area contributed by atoms with Crippen LogP contribution in [0.5, 0.6) is 11.5 Å². The molecule has 0 spiro atoms. The second-order valence-electron chi connectivity index (χ2n) is 4.23. The van der Waals surface area contributed by atoms with Gasteiger partial charge in [0.15, 0.2) is 0 Å². The van der Waals surface area contributed by atoms with Gasteiger partial charge in [-0.3, -0.25) is 0 Å². The number of anilines is 2. The van der Waals surface area contributed by atoms with Crippen molar-refractivity contribution in [1.29, 1.82) is 0 Å². The van der Waals surface area contributed by atoms with E-state index in [1.807, 2.05) is 30.0 Å². The summed E-state index contributed by atoms with van der Waals surface area (Å²) in [6.07, 6.45) is 0. The van der Waals surface area contributed by atoms with Crippen LogP contribution in [0.2, 0.25) is 0 Å². The van der Waals surface area contributed by atoms with Crippen molar-refractivity contribution in [3.63, 3.8) is 0 Å². The number of fused-ring (bicyclic) bond motifs is 1. The zero-order valence-electron chi connectivity index (χ0n) is 10.9. The summed E-state index contributed by atoms with van der Waals surface area (Å²) in [6.45, 7) is 0. The maximum atomic E-state index is 5.26. The Bertz CT molecular complexity index is 583. The average Bonchev–Trinajstić information content (AvgIpc) is 2.90. The van der Waals surface area contributed by atoms with E-state index in [1.54, 1.807) is 14.2 Å². The van der Waals surface area contributed by atoms with Crippen LogP contribution >= 0.6 is 11.8 Å². The van der Waals surface area contributed by atoms with E-state index in [1.165, 1.54) is 16.3 Å². The van der Waals surface area contributed by atoms with Gasteiger partial charge in [0.2, 0.25) is 0 Å². The summed E-state index contributed by atoms with van der Waals surface area (Å²) in [4.78, 5) is 3.55. The molecule has 0 amide bonds. The lowest BCUT2D eigenvalue weighted by Gasteiger charge is -2.19. The molecule has 0 atom stereocenters. The van der Waals surface area contributed by atoms with Crippen LogP contribution in [0, 0.1) is 0 Å². The first-order chi connectivity index (χ1) is 9.31. The third-order valence-electron chi connectivity index (χ3n) is 3.19. The van der Waals surface area contributed by atoms with E-state index in [-0.39, 0.29) is 0 Å². The number of thioether (sulfide) groups is 1. The predicted molar refractivity (Wildman–Crippen MR) is 78.9 cm³/mol. The van der Waals surface area contributed by atoms with Gasteiger partial charge in [-0.05, 0) is 42.5 Å². The average molecular weight is 273 g/mol. The summed E-state index contributed by atoms with van der Waals surface area (Å²) in [5, 5.41) is 0. The summed E-state index contributed by atoms with van der Waals surface area (Å²) in [5.74, 6) is 2.71. The molecule has 1 aliphatic rings. The van der Waals surface area contributed by atoms with Gasteiger partial charge in [0.25, 0.3) is 0 Å². The third-order valence-corrected chi connectivity index (χ3v) is 4.22. The van der Waals surface area contributed by atoms with Crippen LogP contribution in [-0.4, -0.2) is 20.1 Å². The van der Waals surface area contributed by atoms with Crippen LogP contribution < -0.4 is 14.4 Å². The molecule has 4 heteroatoms. The van der Waals surface area contributed by atoms with Crippen LogP contribution in [0.1, 0.15) is 0 Å². The molecule has 0 N–H and O–H groups in total. The minimum absolute atomic E-state index is 0.880. The molecule has 0 bridgehead atoms. The molecule has 98 valence electrons. The first kappa shape index (κ1) is 12.2. The van der Waals surface area contributed by atoms with Gasteiger partial charge in [-0.25, -0.2) is 0 Å². The number of hydrogen-bond acceptors (Lipinski definition) is 4. The Morgan fingerprint density at radius 1 is 0.947 bits per heavy atom. The van der Waals surface area contributed by atoms with Crippen molar-refractivity contribution in [3.05, 3.63) is 42.5 Å². The van der Waals surface area contributed by atoms with Gasteiger partial charge < -0.3 is 14.4 Å². The normalized spacial score (nSPS) is 13.3. The largest absolute Gasteiger partial charge is 0.497 e. The van der Waals surface area contributed by atoms with Crippen molar-refractivity contribution in [2.45, 2.75) is 4.90 Å². The monoisotopic (exact) mass is 273 g/mol. The minimum Gasteiger partial charge on any atom is -0.497 e. The van der Waals surface area contributed by atoms with Crippen LogP contribution in [-0.2, 0) is 0 Å². The van der Waals surface area contributed by atoms with Gasteiger partial charge in [-0.1, -0.05) is 0 Å². The lowest BCUT2D eigenvalue weighted by Crippen LogP contribution is -2.11. The zero-order chi connectivity index (χ0) is 13.2. The highest BCUT2D eigenvalue weighted by Gasteiger charge is 2.21. The number of nitrogens with zero attached hydrogens (tertiary/aromatic N) is 1. The molecule has 1 aliphatic heterocycles. The van der Waals surface area contributed by atoms with E-state index in [0.29, 0.717) is 0 Å².